The third-order valence-electron chi connectivity index (χ3n) is 4.56. The van der Waals surface area contributed by atoms with Crippen LogP contribution in [0.25, 0.3) is 22.2 Å². The topological polar surface area (TPSA) is 72.2 Å². The Hall–Kier alpha value is -3.02. The first kappa shape index (κ1) is 15.5. The van der Waals surface area contributed by atoms with E-state index in [1.54, 1.807) is 12.1 Å². The zero-order valence-electron chi connectivity index (χ0n) is 13.8. The summed E-state index contributed by atoms with van der Waals surface area (Å²) >= 11 is 0. The van der Waals surface area contributed by atoms with Crippen molar-refractivity contribution in [3.05, 3.63) is 58.6 Å². The molecule has 25 heavy (non-hydrogen) atoms. The lowest BCUT2D eigenvalue weighted by Crippen LogP contribution is -2.31. The van der Waals surface area contributed by atoms with Gasteiger partial charge >= 0.3 is 0 Å². The molecule has 0 bridgehead atoms. The van der Waals surface area contributed by atoms with Crippen LogP contribution >= 0.6 is 0 Å². The highest BCUT2D eigenvalue weighted by molar-refractivity contribution is 5.94. The maximum absolute atomic E-state index is 11.2. The van der Waals surface area contributed by atoms with Gasteiger partial charge in [-0.05, 0) is 25.3 Å². The number of non-ortho nitro benzene ring substituents is 1. The fourth-order valence-electron chi connectivity index (χ4n) is 3.27. The van der Waals surface area contributed by atoms with E-state index in [9.17, 15) is 10.1 Å². The number of aromatic nitrogens is 2. The second kappa shape index (κ2) is 6.47. The average molecular weight is 334 g/mol. The van der Waals surface area contributed by atoms with Crippen LogP contribution in [0.4, 0.5) is 11.6 Å². The zero-order valence-corrected chi connectivity index (χ0v) is 13.8. The van der Waals surface area contributed by atoms with E-state index < -0.39 is 0 Å². The number of benzene rings is 2. The predicted molar refractivity (Wildman–Crippen MR) is 97.7 cm³/mol. The van der Waals surface area contributed by atoms with E-state index in [4.69, 9.17) is 4.98 Å². The number of piperidine rings is 1. The normalized spacial score (nSPS) is 14.6. The summed E-state index contributed by atoms with van der Waals surface area (Å²) in [6.07, 6.45) is 3.52. The number of fused-ring (bicyclic) bond motifs is 1. The van der Waals surface area contributed by atoms with Gasteiger partial charge in [-0.3, -0.25) is 10.1 Å². The number of nitro benzene ring substituents is 1. The lowest BCUT2D eigenvalue weighted by Gasteiger charge is -2.27. The molecule has 0 saturated carbocycles. The van der Waals surface area contributed by atoms with E-state index in [-0.39, 0.29) is 10.6 Å². The minimum absolute atomic E-state index is 0.0546. The predicted octanol–water partition coefficient (Wildman–Crippen LogP) is 4.20. The van der Waals surface area contributed by atoms with Crippen LogP contribution in [-0.4, -0.2) is 28.0 Å². The quantitative estimate of drug-likeness (QED) is 0.530. The van der Waals surface area contributed by atoms with Gasteiger partial charge in [-0.15, -0.1) is 0 Å². The molecule has 1 saturated heterocycles. The number of hydrogen-bond acceptors (Lipinski definition) is 5. The van der Waals surface area contributed by atoms with Gasteiger partial charge < -0.3 is 4.90 Å². The van der Waals surface area contributed by atoms with Crippen molar-refractivity contribution in [3.63, 3.8) is 0 Å². The van der Waals surface area contributed by atoms with Crippen LogP contribution in [0.1, 0.15) is 19.3 Å². The molecule has 1 aromatic heterocycles. The van der Waals surface area contributed by atoms with Gasteiger partial charge in [0.15, 0.2) is 0 Å². The van der Waals surface area contributed by atoms with Crippen molar-refractivity contribution in [3.8, 4) is 11.3 Å². The first-order chi connectivity index (χ1) is 12.2. The Morgan fingerprint density at radius 2 is 1.72 bits per heavy atom. The van der Waals surface area contributed by atoms with Crippen LogP contribution < -0.4 is 4.90 Å². The Labute approximate surface area is 145 Å². The standard InChI is InChI=1S/C19H18N4O2/c24-23(25)15-9-10-17-16(13-15)18(14-7-3-1-4-8-14)21-19(20-17)22-11-5-2-6-12-22/h1,3-4,7-10,13H,2,5-6,11-12H2. The van der Waals surface area contributed by atoms with Crippen LogP contribution in [0.15, 0.2) is 48.5 Å². The first-order valence-electron chi connectivity index (χ1n) is 8.49. The van der Waals surface area contributed by atoms with Gasteiger partial charge in [0.25, 0.3) is 5.69 Å². The van der Waals surface area contributed by atoms with Crippen molar-refractivity contribution in [2.75, 3.05) is 18.0 Å². The summed E-state index contributed by atoms with van der Waals surface area (Å²) in [4.78, 5) is 22.5. The molecule has 126 valence electrons. The highest BCUT2D eigenvalue weighted by atomic mass is 16.6. The molecule has 3 aromatic rings. The summed E-state index contributed by atoms with van der Waals surface area (Å²) < 4.78 is 0. The van der Waals surface area contributed by atoms with Crippen LogP contribution in [0, 0.1) is 10.1 Å². The van der Waals surface area contributed by atoms with Gasteiger partial charge in [0, 0.05) is 36.2 Å². The van der Waals surface area contributed by atoms with Gasteiger partial charge in [-0.1, -0.05) is 30.3 Å². The Morgan fingerprint density at radius 3 is 2.44 bits per heavy atom. The summed E-state index contributed by atoms with van der Waals surface area (Å²) in [5.74, 6) is 0.708. The van der Waals surface area contributed by atoms with Gasteiger partial charge in [0.05, 0.1) is 16.1 Å². The van der Waals surface area contributed by atoms with Crippen LogP contribution in [0.2, 0.25) is 0 Å². The molecule has 0 N–H and O–H groups in total. The van der Waals surface area contributed by atoms with E-state index in [0.717, 1.165) is 42.7 Å². The molecule has 0 atom stereocenters. The lowest BCUT2D eigenvalue weighted by molar-refractivity contribution is -0.384. The summed E-state index contributed by atoms with van der Waals surface area (Å²) in [6, 6.07) is 14.6. The highest BCUT2D eigenvalue weighted by Gasteiger charge is 2.18. The number of anilines is 1. The number of hydrogen-bond donors (Lipinski definition) is 0. The maximum Gasteiger partial charge on any atom is 0.270 e. The number of nitro groups is 1. The van der Waals surface area contributed by atoms with Crippen molar-refractivity contribution < 1.29 is 4.92 Å². The lowest BCUT2D eigenvalue weighted by atomic mass is 10.1. The molecule has 4 rings (SSSR count). The second-order valence-corrected chi connectivity index (χ2v) is 6.24. The minimum Gasteiger partial charge on any atom is -0.341 e. The van der Waals surface area contributed by atoms with Crippen molar-refractivity contribution in [2.24, 2.45) is 0 Å². The third-order valence-corrected chi connectivity index (χ3v) is 4.56. The number of rotatable bonds is 3. The first-order valence-corrected chi connectivity index (χ1v) is 8.49. The molecule has 1 fully saturated rings. The Balaban J connectivity index is 1.92. The van der Waals surface area contributed by atoms with Gasteiger partial charge in [-0.2, -0.15) is 0 Å². The molecular weight excluding hydrogens is 316 g/mol. The summed E-state index contributed by atoms with van der Waals surface area (Å²) in [6.45, 7) is 1.90. The largest absolute Gasteiger partial charge is 0.341 e. The monoisotopic (exact) mass is 334 g/mol. The molecule has 0 aliphatic carbocycles. The van der Waals surface area contributed by atoms with E-state index in [2.05, 4.69) is 9.88 Å². The smallest absolute Gasteiger partial charge is 0.270 e. The molecule has 0 unspecified atom stereocenters. The maximum atomic E-state index is 11.2. The molecule has 2 heterocycles. The fraction of sp³-hybridized carbons (Fsp3) is 0.263. The van der Waals surface area contributed by atoms with Crippen LogP contribution in [0.3, 0.4) is 0 Å². The van der Waals surface area contributed by atoms with Crippen molar-refractivity contribution >= 4 is 22.5 Å². The number of nitrogens with zero attached hydrogens (tertiary/aromatic N) is 4. The van der Waals surface area contributed by atoms with Crippen LogP contribution in [-0.2, 0) is 0 Å². The van der Waals surface area contributed by atoms with Gasteiger partial charge in [-0.25, -0.2) is 9.97 Å². The molecule has 1 aliphatic rings. The summed E-state index contributed by atoms with van der Waals surface area (Å²) in [5.41, 5.74) is 2.47. The Morgan fingerprint density at radius 1 is 0.960 bits per heavy atom. The molecule has 2 aromatic carbocycles. The SMILES string of the molecule is O=[N+]([O-])c1ccc2nc(N3CCCCC3)nc(-c3ccccc3)c2c1. The van der Waals surface area contributed by atoms with E-state index in [1.807, 2.05) is 30.3 Å². The van der Waals surface area contributed by atoms with Crippen molar-refractivity contribution in [1.82, 2.24) is 9.97 Å². The zero-order chi connectivity index (χ0) is 17.2. The van der Waals surface area contributed by atoms with Gasteiger partial charge in [0.1, 0.15) is 0 Å². The molecule has 0 spiro atoms. The molecule has 6 nitrogen and oxygen atoms in total. The van der Waals surface area contributed by atoms with E-state index in [0.29, 0.717) is 11.3 Å². The van der Waals surface area contributed by atoms with Crippen LogP contribution in [0.5, 0.6) is 0 Å². The molecule has 0 amide bonds. The third kappa shape index (κ3) is 3.03. The van der Waals surface area contributed by atoms with Crippen molar-refractivity contribution in [1.29, 1.82) is 0 Å². The summed E-state index contributed by atoms with van der Waals surface area (Å²) in [5, 5.41) is 11.9. The van der Waals surface area contributed by atoms with E-state index in [1.165, 1.54) is 12.5 Å². The second-order valence-electron chi connectivity index (χ2n) is 6.24. The van der Waals surface area contributed by atoms with E-state index >= 15 is 0 Å². The Bertz CT molecular complexity index is 921. The molecule has 6 heteroatoms. The molecule has 1 aliphatic heterocycles. The average Bonchev–Trinajstić information content (AvgIpc) is 2.68. The van der Waals surface area contributed by atoms with Gasteiger partial charge in [0.2, 0.25) is 5.95 Å². The fourth-order valence-corrected chi connectivity index (χ4v) is 3.27. The summed E-state index contributed by atoms with van der Waals surface area (Å²) in [7, 11) is 0. The molecular formula is C19H18N4O2. The highest BCUT2D eigenvalue weighted by Crippen LogP contribution is 2.31. The minimum atomic E-state index is -0.382. The Kier molecular flexibility index (Phi) is 4.01. The van der Waals surface area contributed by atoms with Crippen molar-refractivity contribution in [2.45, 2.75) is 19.3 Å². The molecule has 0 radical (unpaired) electrons.